The van der Waals surface area contributed by atoms with Crippen LogP contribution in [0.1, 0.15) is 17.5 Å². The predicted molar refractivity (Wildman–Crippen MR) is 121 cm³/mol. The summed E-state index contributed by atoms with van der Waals surface area (Å²) >= 11 is 0. The number of hydrogen-bond acceptors (Lipinski definition) is 3. The number of aromatic nitrogens is 2. The van der Waals surface area contributed by atoms with Crippen molar-refractivity contribution in [2.24, 2.45) is 5.92 Å². The second-order valence-electron chi connectivity index (χ2n) is 8.16. The molecule has 2 aromatic carbocycles. The maximum atomic E-state index is 9.20. The number of pyridine rings is 1. The first kappa shape index (κ1) is 18.6. The number of rotatable bonds is 4. The van der Waals surface area contributed by atoms with Crippen molar-refractivity contribution in [1.82, 2.24) is 14.9 Å². The molecule has 148 valence electrons. The van der Waals surface area contributed by atoms with Gasteiger partial charge in [-0.05, 0) is 56.1 Å². The fraction of sp³-hybridized carbons (Fsp3) is 0.231. The molecule has 0 amide bonds. The zero-order valence-electron chi connectivity index (χ0n) is 17.1. The summed E-state index contributed by atoms with van der Waals surface area (Å²) in [5, 5.41) is 13.9. The van der Waals surface area contributed by atoms with E-state index in [-0.39, 0.29) is 0 Å². The highest BCUT2D eigenvalue weighted by molar-refractivity contribution is 6.01. The lowest BCUT2D eigenvalue weighted by Crippen LogP contribution is -2.14. The average Bonchev–Trinajstić information content (AvgIpc) is 3.44. The Morgan fingerprint density at radius 3 is 2.53 bits per heavy atom. The lowest BCUT2D eigenvalue weighted by molar-refractivity contribution is 0.491. The van der Waals surface area contributed by atoms with E-state index in [2.05, 4.69) is 59.4 Å². The smallest absolute Gasteiger partial charge is 0.0991 e. The molecule has 30 heavy (non-hydrogen) atoms. The fourth-order valence-electron chi connectivity index (χ4n) is 4.40. The van der Waals surface area contributed by atoms with Gasteiger partial charge in [-0.25, -0.2) is 0 Å². The molecule has 4 heteroatoms. The van der Waals surface area contributed by atoms with Gasteiger partial charge in [-0.15, -0.1) is 0 Å². The van der Waals surface area contributed by atoms with Crippen LogP contribution in [0.15, 0.2) is 67.0 Å². The van der Waals surface area contributed by atoms with E-state index < -0.39 is 0 Å². The van der Waals surface area contributed by atoms with Crippen molar-refractivity contribution in [1.29, 1.82) is 5.26 Å². The van der Waals surface area contributed by atoms with Crippen molar-refractivity contribution in [3.8, 4) is 28.5 Å². The number of fused-ring (bicyclic) bond motifs is 1. The van der Waals surface area contributed by atoms with Crippen LogP contribution in [-0.2, 0) is 6.54 Å². The van der Waals surface area contributed by atoms with E-state index in [4.69, 9.17) is 4.98 Å². The highest BCUT2D eigenvalue weighted by atomic mass is 15.0. The van der Waals surface area contributed by atoms with Gasteiger partial charge in [0.25, 0.3) is 0 Å². The number of benzene rings is 2. The second-order valence-corrected chi connectivity index (χ2v) is 8.16. The molecule has 1 aliphatic heterocycles. The predicted octanol–water partition coefficient (Wildman–Crippen LogP) is 5.16. The van der Waals surface area contributed by atoms with Crippen LogP contribution in [0.5, 0.6) is 0 Å². The van der Waals surface area contributed by atoms with E-state index in [1.807, 2.05) is 30.5 Å². The van der Waals surface area contributed by atoms with Gasteiger partial charge in [-0.1, -0.05) is 42.0 Å². The molecule has 5 rings (SSSR count). The Labute approximate surface area is 176 Å². The fourth-order valence-corrected chi connectivity index (χ4v) is 4.40. The van der Waals surface area contributed by atoms with Gasteiger partial charge in [0.1, 0.15) is 0 Å². The number of hydrogen-bond donors (Lipinski definition) is 1. The molecule has 1 aliphatic rings. The number of nitrogens with zero attached hydrogens (tertiary/aromatic N) is 3. The van der Waals surface area contributed by atoms with Gasteiger partial charge in [0.15, 0.2) is 0 Å². The van der Waals surface area contributed by atoms with Crippen LogP contribution in [0.3, 0.4) is 0 Å². The van der Waals surface area contributed by atoms with Crippen molar-refractivity contribution < 1.29 is 0 Å². The second kappa shape index (κ2) is 7.78. The molecule has 0 aliphatic carbocycles. The highest BCUT2D eigenvalue weighted by Crippen LogP contribution is 2.37. The first-order valence-electron chi connectivity index (χ1n) is 10.5. The molecule has 0 unspecified atom stereocenters. The number of nitrogens with one attached hydrogen (secondary N) is 1. The van der Waals surface area contributed by atoms with E-state index in [1.165, 1.54) is 17.4 Å². The van der Waals surface area contributed by atoms with E-state index in [0.717, 1.165) is 47.5 Å². The van der Waals surface area contributed by atoms with Crippen LogP contribution in [0.2, 0.25) is 0 Å². The molecular weight excluding hydrogens is 368 g/mol. The Hall–Kier alpha value is -3.42. The average molecular weight is 393 g/mol. The van der Waals surface area contributed by atoms with Crippen molar-refractivity contribution in [2.75, 3.05) is 13.1 Å². The first-order valence-corrected chi connectivity index (χ1v) is 10.5. The molecule has 0 radical (unpaired) electrons. The molecule has 4 aromatic rings. The molecule has 0 saturated carbocycles. The quantitative estimate of drug-likeness (QED) is 0.522. The molecule has 4 nitrogen and oxygen atoms in total. The van der Waals surface area contributed by atoms with Gasteiger partial charge in [0.05, 0.1) is 29.0 Å². The Balaban J connectivity index is 1.68. The zero-order valence-corrected chi connectivity index (χ0v) is 17.1. The lowest BCUT2D eigenvalue weighted by atomic mass is 9.95. The Bertz CT molecular complexity index is 1220. The third kappa shape index (κ3) is 3.38. The van der Waals surface area contributed by atoms with Crippen LogP contribution in [0, 0.1) is 24.2 Å². The van der Waals surface area contributed by atoms with Crippen LogP contribution in [0.4, 0.5) is 0 Å². The maximum absolute atomic E-state index is 9.20. The zero-order chi connectivity index (χ0) is 20.5. The minimum Gasteiger partial charge on any atom is -0.346 e. The normalized spacial score (nSPS) is 16.1. The van der Waals surface area contributed by atoms with E-state index in [1.54, 1.807) is 0 Å². The summed E-state index contributed by atoms with van der Waals surface area (Å²) in [7, 11) is 0. The van der Waals surface area contributed by atoms with E-state index >= 15 is 0 Å². The molecule has 1 atom stereocenters. The molecule has 3 heterocycles. The molecule has 1 N–H and O–H groups in total. The molecule has 0 bridgehead atoms. The van der Waals surface area contributed by atoms with Crippen molar-refractivity contribution in [3.63, 3.8) is 0 Å². The molecule has 1 fully saturated rings. The summed E-state index contributed by atoms with van der Waals surface area (Å²) in [6, 6.07) is 20.8. The van der Waals surface area contributed by atoms with Gasteiger partial charge < -0.3 is 9.88 Å². The van der Waals surface area contributed by atoms with Crippen LogP contribution in [0.25, 0.3) is 33.3 Å². The first-order chi connectivity index (χ1) is 14.7. The third-order valence-corrected chi connectivity index (χ3v) is 6.07. The van der Waals surface area contributed by atoms with Crippen molar-refractivity contribution in [3.05, 3.63) is 78.1 Å². The maximum Gasteiger partial charge on any atom is 0.0991 e. The van der Waals surface area contributed by atoms with Gasteiger partial charge in [-0.2, -0.15) is 5.26 Å². The Morgan fingerprint density at radius 2 is 1.83 bits per heavy atom. The third-order valence-electron chi connectivity index (χ3n) is 6.07. The lowest BCUT2D eigenvalue weighted by Gasteiger charge is -2.14. The molecule has 1 saturated heterocycles. The molecular formula is C26H24N4. The molecule has 2 aromatic heterocycles. The Kier molecular flexibility index (Phi) is 4.82. The Morgan fingerprint density at radius 1 is 1.07 bits per heavy atom. The summed E-state index contributed by atoms with van der Waals surface area (Å²) in [6.07, 6.45) is 5.42. The van der Waals surface area contributed by atoms with Gasteiger partial charge >= 0.3 is 0 Å². The molecule has 0 spiro atoms. The summed E-state index contributed by atoms with van der Waals surface area (Å²) in [5.41, 5.74) is 7.37. The highest BCUT2D eigenvalue weighted by Gasteiger charge is 2.19. The number of nitriles is 1. The van der Waals surface area contributed by atoms with Crippen LogP contribution < -0.4 is 5.32 Å². The standard InChI is InChI=1S/C26H24N4/c1-18-2-6-22(7-3-18)26-25(21-8-4-19(14-27)5-9-21)23-11-13-30(24(23)16-29-26)17-20-10-12-28-15-20/h2-9,11,13,16,20,28H,10,12,15,17H2,1H3/t20-/m1/s1. The minimum atomic E-state index is 0.663. The van der Waals surface area contributed by atoms with Gasteiger partial charge in [0.2, 0.25) is 0 Å². The van der Waals surface area contributed by atoms with Crippen LogP contribution >= 0.6 is 0 Å². The van der Waals surface area contributed by atoms with Gasteiger partial charge in [-0.3, -0.25) is 4.98 Å². The van der Waals surface area contributed by atoms with Gasteiger partial charge in [0, 0.05) is 29.3 Å². The van der Waals surface area contributed by atoms with Crippen LogP contribution in [-0.4, -0.2) is 22.6 Å². The number of aryl methyl sites for hydroxylation is 1. The minimum absolute atomic E-state index is 0.663. The van der Waals surface area contributed by atoms with E-state index in [0.29, 0.717) is 11.5 Å². The van der Waals surface area contributed by atoms with Crippen molar-refractivity contribution >= 4 is 10.9 Å². The summed E-state index contributed by atoms with van der Waals surface area (Å²) in [5.74, 6) is 0.663. The SMILES string of the molecule is Cc1ccc(-c2ncc3c(ccn3C[C@@H]3CCNC3)c2-c2ccc(C#N)cc2)cc1. The largest absolute Gasteiger partial charge is 0.346 e. The van der Waals surface area contributed by atoms with Crippen molar-refractivity contribution in [2.45, 2.75) is 19.9 Å². The summed E-state index contributed by atoms with van der Waals surface area (Å²) in [6.45, 7) is 5.29. The summed E-state index contributed by atoms with van der Waals surface area (Å²) < 4.78 is 2.34. The summed E-state index contributed by atoms with van der Waals surface area (Å²) in [4.78, 5) is 4.93. The monoisotopic (exact) mass is 392 g/mol. The van der Waals surface area contributed by atoms with E-state index in [9.17, 15) is 5.26 Å². The topological polar surface area (TPSA) is 53.6 Å².